The summed E-state index contributed by atoms with van der Waals surface area (Å²) in [7, 11) is 3.33. The van der Waals surface area contributed by atoms with Gasteiger partial charge in [-0.1, -0.05) is 13.3 Å². The summed E-state index contributed by atoms with van der Waals surface area (Å²) in [5, 5.41) is 13.1. The zero-order chi connectivity index (χ0) is 13.8. The van der Waals surface area contributed by atoms with Crippen molar-refractivity contribution in [1.29, 1.82) is 0 Å². The standard InChI is InChI=1S/C13H29NO4/c1-5-6-12(9-17-4)14-7-13(15)10-18-11(2)8-16-3/h11-15H,5-10H2,1-4H3. The average Bonchev–Trinajstić information content (AvgIpc) is 2.34. The highest BCUT2D eigenvalue weighted by Crippen LogP contribution is 1.98. The maximum atomic E-state index is 9.78. The molecule has 18 heavy (non-hydrogen) atoms. The van der Waals surface area contributed by atoms with Gasteiger partial charge < -0.3 is 24.6 Å². The third-order valence-corrected chi connectivity index (χ3v) is 2.62. The van der Waals surface area contributed by atoms with E-state index < -0.39 is 6.10 Å². The average molecular weight is 263 g/mol. The van der Waals surface area contributed by atoms with Gasteiger partial charge in [-0.3, -0.25) is 0 Å². The van der Waals surface area contributed by atoms with Crippen LogP contribution in [0.4, 0.5) is 0 Å². The van der Waals surface area contributed by atoms with Crippen molar-refractivity contribution in [3.05, 3.63) is 0 Å². The molecule has 5 nitrogen and oxygen atoms in total. The molecule has 0 fully saturated rings. The summed E-state index contributed by atoms with van der Waals surface area (Å²) in [6.07, 6.45) is 1.65. The molecule has 0 bridgehead atoms. The normalized spacial score (nSPS) is 16.5. The Bertz CT molecular complexity index is 174. The van der Waals surface area contributed by atoms with Gasteiger partial charge in [0.05, 0.1) is 32.0 Å². The molecule has 0 saturated heterocycles. The number of methoxy groups -OCH3 is 2. The molecule has 0 spiro atoms. The minimum atomic E-state index is -0.500. The molecule has 3 unspecified atom stereocenters. The molecule has 0 aromatic carbocycles. The Kier molecular flexibility index (Phi) is 11.7. The Labute approximate surface area is 111 Å². The molecule has 110 valence electrons. The predicted octanol–water partition coefficient (Wildman–Crippen LogP) is 0.804. The Morgan fingerprint density at radius 3 is 2.33 bits per heavy atom. The summed E-state index contributed by atoms with van der Waals surface area (Å²) >= 11 is 0. The lowest BCUT2D eigenvalue weighted by atomic mass is 10.2. The van der Waals surface area contributed by atoms with Gasteiger partial charge in [0.15, 0.2) is 0 Å². The first-order chi connectivity index (χ1) is 8.63. The van der Waals surface area contributed by atoms with Gasteiger partial charge in [-0.2, -0.15) is 0 Å². The molecule has 0 radical (unpaired) electrons. The molecule has 0 aromatic rings. The van der Waals surface area contributed by atoms with Crippen LogP contribution in [0.5, 0.6) is 0 Å². The van der Waals surface area contributed by atoms with E-state index >= 15 is 0 Å². The van der Waals surface area contributed by atoms with E-state index in [0.29, 0.717) is 32.4 Å². The Balaban J connectivity index is 3.68. The first-order valence-corrected chi connectivity index (χ1v) is 6.64. The highest BCUT2D eigenvalue weighted by molar-refractivity contribution is 4.68. The fourth-order valence-corrected chi connectivity index (χ4v) is 1.71. The number of hydrogen-bond acceptors (Lipinski definition) is 5. The van der Waals surface area contributed by atoms with Crippen molar-refractivity contribution in [3.8, 4) is 0 Å². The molecule has 0 aromatic heterocycles. The molecule has 0 amide bonds. The summed E-state index contributed by atoms with van der Waals surface area (Å²) < 4.78 is 15.5. The van der Waals surface area contributed by atoms with Crippen LogP contribution in [-0.4, -0.2) is 63.9 Å². The van der Waals surface area contributed by atoms with Crippen LogP contribution in [0.3, 0.4) is 0 Å². The zero-order valence-electron chi connectivity index (χ0n) is 12.1. The molecule has 0 heterocycles. The van der Waals surface area contributed by atoms with E-state index in [-0.39, 0.29) is 6.10 Å². The van der Waals surface area contributed by atoms with Crippen LogP contribution in [0.25, 0.3) is 0 Å². The monoisotopic (exact) mass is 263 g/mol. The minimum absolute atomic E-state index is 0.00932. The maximum Gasteiger partial charge on any atom is 0.0897 e. The van der Waals surface area contributed by atoms with Crippen molar-refractivity contribution >= 4 is 0 Å². The fourth-order valence-electron chi connectivity index (χ4n) is 1.71. The molecular weight excluding hydrogens is 234 g/mol. The lowest BCUT2D eigenvalue weighted by Gasteiger charge is -2.20. The smallest absolute Gasteiger partial charge is 0.0897 e. The van der Waals surface area contributed by atoms with E-state index in [4.69, 9.17) is 14.2 Å². The van der Waals surface area contributed by atoms with Crippen LogP contribution in [0.15, 0.2) is 0 Å². The number of aliphatic hydroxyl groups is 1. The SMILES string of the molecule is CCCC(COC)NCC(O)COC(C)COC. The predicted molar refractivity (Wildman–Crippen MR) is 71.9 cm³/mol. The van der Waals surface area contributed by atoms with Gasteiger partial charge in [-0.25, -0.2) is 0 Å². The van der Waals surface area contributed by atoms with E-state index in [1.54, 1.807) is 14.2 Å². The third-order valence-electron chi connectivity index (χ3n) is 2.62. The molecule has 0 saturated carbocycles. The molecule has 2 N–H and O–H groups in total. The molecule has 0 rings (SSSR count). The Morgan fingerprint density at radius 1 is 1.11 bits per heavy atom. The number of rotatable bonds is 12. The molecule has 0 aliphatic carbocycles. The largest absolute Gasteiger partial charge is 0.389 e. The van der Waals surface area contributed by atoms with E-state index in [0.717, 1.165) is 12.8 Å². The van der Waals surface area contributed by atoms with Crippen molar-refractivity contribution < 1.29 is 19.3 Å². The highest BCUT2D eigenvalue weighted by Gasteiger charge is 2.11. The van der Waals surface area contributed by atoms with Crippen molar-refractivity contribution in [1.82, 2.24) is 5.32 Å². The van der Waals surface area contributed by atoms with Crippen molar-refractivity contribution in [2.24, 2.45) is 0 Å². The molecule has 0 aliphatic heterocycles. The quantitative estimate of drug-likeness (QED) is 0.545. The Morgan fingerprint density at radius 2 is 1.78 bits per heavy atom. The van der Waals surface area contributed by atoms with Crippen LogP contribution >= 0.6 is 0 Å². The molecular formula is C13H29NO4. The van der Waals surface area contributed by atoms with Crippen LogP contribution in [0.2, 0.25) is 0 Å². The number of nitrogens with one attached hydrogen (secondary N) is 1. The van der Waals surface area contributed by atoms with Gasteiger partial charge in [-0.15, -0.1) is 0 Å². The van der Waals surface area contributed by atoms with Gasteiger partial charge in [0.1, 0.15) is 0 Å². The second-order valence-corrected chi connectivity index (χ2v) is 4.60. The Hall–Kier alpha value is -0.200. The van der Waals surface area contributed by atoms with Crippen LogP contribution in [-0.2, 0) is 14.2 Å². The number of ether oxygens (including phenoxy) is 3. The van der Waals surface area contributed by atoms with E-state index in [2.05, 4.69) is 12.2 Å². The second-order valence-electron chi connectivity index (χ2n) is 4.60. The van der Waals surface area contributed by atoms with Crippen LogP contribution < -0.4 is 5.32 Å². The lowest BCUT2D eigenvalue weighted by molar-refractivity contribution is -0.0321. The van der Waals surface area contributed by atoms with Gasteiger partial charge in [0.2, 0.25) is 0 Å². The fraction of sp³-hybridized carbons (Fsp3) is 1.00. The van der Waals surface area contributed by atoms with Crippen LogP contribution in [0.1, 0.15) is 26.7 Å². The van der Waals surface area contributed by atoms with Crippen molar-refractivity contribution in [2.45, 2.75) is 44.9 Å². The molecule has 5 heteroatoms. The maximum absolute atomic E-state index is 9.78. The minimum Gasteiger partial charge on any atom is -0.389 e. The summed E-state index contributed by atoms with van der Waals surface area (Å²) in [6.45, 7) is 6.12. The first kappa shape index (κ1) is 17.8. The van der Waals surface area contributed by atoms with Gasteiger partial charge >= 0.3 is 0 Å². The second kappa shape index (κ2) is 11.9. The summed E-state index contributed by atoms with van der Waals surface area (Å²) in [4.78, 5) is 0. The van der Waals surface area contributed by atoms with E-state index in [9.17, 15) is 5.11 Å². The van der Waals surface area contributed by atoms with Crippen LogP contribution in [0, 0.1) is 0 Å². The van der Waals surface area contributed by atoms with Gasteiger partial charge in [0, 0.05) is 26.8 Å². The summed E-state index contributed by atoms with van der Waals surface area (Å²) in [5.41, 5.74) is 0. The number of hydrogen-bond donors (Lipinski definition) is 2. The van der Waals surface area contributed by atoms with E-state index in [1.165, 1.54) is 0 Å². The highest BCUT2D eigenvalue weighted by atomic mass is 16.5. The molecule has 0 aliphatic rings. The van der Waals surface area contributed by atoms with E-state index in [1.807, 2.05) is 6.92 Å². The van der Waals surface area contributed by atoms with Crippen molar-refractivity contribution in [3.63, 3.8) is 0 Å². The molecule has 3 atom stereocenters. The first-order valence-electron chi connectivity index (χ1n) is 6.64. The third kappa shape index (κ3) is 9.79. The summed E-state index contributed by atoms with van der Waals surface area (Å²) in [5.74, 6) is 0. The van der Waals surface area contributed by atoms with Crippen molar-refractivity contribution in [2.75, 3.05) is 40.6 Å². The van der Waals surface area contributed by atoms with Gasteiger partial charge in [-0.05, 0) is 13.3 Å². The van der Waals surface area contributed by atoms with Gasteiger partial charge in [0.25, 0.3) is 0 Å². The number of aliphatic hydroxyl groups excluding tert-OH is 1. The topological polar surface area (TPSA) is 60.0 Å². The lowest BCUT2D eigenvalue weighted by Crippen LogP contribution is -2.40. The summed E-state index contributed by atoms with van der Waals surface area (Å²) in [6, 6.07) is 0.297. The zero-order valence-corrected chi connectivity index (χ0v) is 12.1.